The van der Waals surface area contributed by atoms with Gasteiger partial charge in [0.25, 0.3) is 5.91 Å². The molecule has 5 rings (SSSR count). The van der Waals surface area contributed by atoms with Gasteiger partial charge in [-0.05, 0) is 74.8 Å². The van der Waals surface area contributed by atoms with Gasteiger partial charge in [0.2, 0.25) is 5.91 Å². The van der Waals surface area contributed by atoms with E-state index in [2.05, 4.69) is 15.2 Å². The van der Waals surface area contributed by atoms with Gasteiger partial charge in [-0.25, -0.2) is 4.39 Å². The summed E-state index contributed by atoms with van der Waals surface area (Å²) in [6, 6.07) is 10.4. The number of amides is 2. The van der Waals surface area contributed by atoms with E-state index in [1.54, 1.807) is 29.4 Å². The Kier molecular flexibility index (Phi) is 7.11. The number of halogens is 1. The molecule has 8 heteroatoms. The maximum absolute atomic E-state index is 13.5. The van der Waals surface area contributed by atoms with Crippen LogP contribution in [0.4, 0.5) is 4.39 Å². The van der Waals surface area contributed by atoms with Gasteiger partial charge in [0.15, 0.2) is 0 Å². The predicted octanol–water partition coefficient (Wildman–Crippen LogP) is 2.85. The van der Waals surface area contributed by atoms with Gasteiger partial charge in [-0.15, -0.1) is 0 Å². The molecule has 1 aliphatic heterocycles. The molecule has 0 spiro atoms. The third-order valence-electron chi connectivity index (χ3n) is 7.63. The second-order valence-electron chi connectivity index (χ2n) is 10.3. The summed E-state index contributed by atoms with van der Waals surface area (Å²) in [5.41, 5.74) is 7.56. The summed E-state index contributed by atoms with van der Waals surface area (Å²) in [5, 5.41) is 3.21. The van der Waals surface area contributed by atoms with Gasteiger partial charge in [-0.3, -0.25) is 19.5 Å². The minimum atomic E-state index is -0.530. The van der Waals surface area contributed by atoms with E-state index in [9.17, 15) is 14.0 Å². The molecule has 35 heavy (non-hydrogen) atoms. The molecule has 2 aromatic rings. The van der Waals surface area contributed by atoms with Crippen molar-refractivity contribution in [2.75, 3.05) is 6.54 Å². The summed E-state index contributed by atoms with van der Waals surface area (Å²) in [7, 11) is 0. The van der Waals surface area contributed by atoms with Crippen LogP contribution in [-0.4, -0.2) is 63.4 Å². The zero-order valence-corrected chi connectivity index (χ0v) is 20.0. The van der Waals surface area contributed by atoms with E-state index in [-0.39, 0.29) is 35.8 Å². The van der Waals surface area contributed by atoms with Crippen molar-refractivity contribution < 1.29 is 14.0 Å². The largest absolute Gasteiger partial charge is 0.352 e. The fourth-order valence-electron chi connectivity index (χ4n) is 5.51. The smallest absolute Gasteiger partial charge is 0.256 e. The molecule has 0 bridgehead atoms. The number of nitrogens with zero attached hydrogens (tertiary/aromatic N) is 3. The van der Waals surface area contributed by atoms with Crippen molar-refractivity contribution in [2.24, 2.45) is 5.73 Å². The molecule has 2 saturated carbocycles. The van der Waals surface area contributed by atoms with Gasteiger partial charge in [0, 0.05) is 49.7 Å². The number of nitrogens with two attached hydrogens (primary N) is 1. The van der Waals surface area contributed by atoms with Gasteiger partial charge < -0.3 is 16.0 Å². The van der Waals surface area contributed by atoms with Gasteiger partial charge in [0.1, 0.15) is 11.9 Å². The number of pyridine rings is 1. The minimum absolute atomic E-state index is 0.0590. The van der Waals surface area contributed by atoms with E-state index in [1.165, 1.54) is 12.1 Å². The lowest BCUT2D eigenvalue weighted by Gasteiger charge is -2.30. The van der Waals surface area contributed by atoms with E-state index >= 15 is 0 Å². The number of aromatic nitrogens is 1. The second kappa shape index (κ2) is 10.4. The Morgan fingerprint density at radius 3 is 2.46 bits per heavy atom. The van der Waals surface area contributed by atoms with Gasteiger partial charge >= 0.3 is 0 Å². The van der Waals surface area contributed by atoms with Crippen LogP contribution < -0.4 is 11.1 Å². The first kappa shape index (κ1) is 23.9. The van der Waals surface area contributed by atoms with Crippen molar-refractivity contribution in [3.63, 3.8) is 0 Å². The standard InChI is InChI=1S/C27H34FN5O2/c28-20-5-3-18(4-6-20)16-32(23-11-12-23)24-14-25(26(34)31-22-9-7-21(29)8-10-22)33(17-24)27(35)19-2-1-13-30-15-19/h1-6,13,15,21-25H,7-12,14,16-17,29H2,(H,31,34). The Bertz CT molecular complexity index is 1020. The normalized spacial score (nSPS) is 26.7. The van der Waals surface area contributed by atoms with E-state index < -0.39 is 6.04 Å². The molecule has 3 aliphatic rings. The number of hydrogen-bond donors (Lipinski definition) is 2. The van der Waals surface area contributed by atoms with E-state index in [0.717, 1.165) is 44.1 Å². The van der Waals surface area contributed by atoms with Crippen LogP contribution in [0.2, 0.25) is 0 Å². The molecular weight excluding hydrogens is 445 g/mol. The maximum atomic E-state index is 13.5. The van der Waals surface area contributed by atoms with Crippen LogP contribution >= 0.6 is 0 Å². The number of benzene rings is 1. The first-order chi connectivity index (χ1) is 17.0. The summed E-state index contributed by atoms with van der Waals surface area (Å²) in [6.45, 7) is 1.17. The quantitative estimate of drug-likeness (QED) is 0.637. The fourth-order valence-corrected chi connectivity index (χ4v) is 5.51. The lowest BCUT2D eigenvalue weighted by atomic mass is 9.91. The van der Waals surface area contributed by atoms with E-state index in [1.807, 2.05) is 12.1 Å². The highest BCUT2D eigenvalue weighted by molar-refractivity contribution is 5.97. The van der Waals surface area contributed by atoms with Crippen LogP contribution in [0.3, 0.4) is 0 Å². The van der Waals surface area contributed by atoms with Crippen molar-refractivity contribution in [1.82, 2.24) is 20.1 Å². The molecule has 1 aromatic heterocycles. The van der Waals surface area contributed by atoms with Gasteiger partial charge in [0.05, 0.1) is 5.56 Å². The highest BCUT2D eigenvalue weighted by atomic mass is 19.1. The Labute approximate surface area is 205 Å². The molecule has 7 nitrogen and oxygen atoms in total. The topological polar surface area (TPSA) is 91.6 Å². The molecule has 186 valence electrons. The van der Waals surface area contributed by atoms with Crippen LogP contribution in [0.25, 0.3) is 0 Å². The average molecular weight is 480 g/mol. The van der Waals surface area contributed by atoms with Crippen molar-refractivity contribution >= 4 is 11.8 Å². The van der Waals surface area contributed by atoms with Crippen LogP contribution in [0, 0.1) is 5.82 Å². The highest BCUT2D eigenvalue weighted by Crippen LogP contribution is 2.35. The average Bonchev–Trinajstić information content (AvgIpc) is 3.62. The van der Waals surface area contributed by atoms with Crippen LogP contribution in [0.5, 0.6) is 0 Å². The number of carbonyl (C=O) groups is 2. The fraction of sp³-hybridized carbons (Fsp3) is 0.519. The van der Waals surface area contributed by atoms with Crippen LogP contribution in [-0.2, 0) is 11.3 Å². The molecule has 2 amide bonds. The van der Waals surface area contributed by atoms with Crippen molar-refractivity contribution in [3.05, 3.63) is 65.7 Å². The minimum Gasteiger partial charge on any atom is -0.352 e. The molecule has 0 radical (unpaired) electrons. The molecule has 2 aliphatic carbocycles. The monoisotopic (exact) mass is 479 g/mol. The first-order valence-corrected chi connectivity index (χ1v) is 12.7. The summed E-state index contributed by atoms with van der Waals surface area (Å²) in [5.74, 6) is -0.493. The molecule has 2 unspecified atom stereocenters. The summed E-state index contributed by atoms with van der Waals surface area (Å²) >= 11 is 0. The molecule has 3 N–H and O–H groups in total. The molecule has 3 fully saturated rings. The Morgan fingerprint density at radius 2 is 1.80 bits per heavy atom. The second-order valence-corrected chi connectivity index (χ2v) is 10.3. The van der Waals surface area contributed by atoms with E-state index in [4.69, 9.17) is 5.73 Å². The van der Waals surface area contributed by atoms with Crippen molar-refractivity contribution in [3.8, 4) is 0 Å². The van der Waals surface area contributed by atoms with Gasteiger partial charge in [-0.1, -0.05) is 12.1 Å². The molecule has 2 heterocycles. The summed E-state index contributed by atoms with van der Waals surface area (Å²) < 4.78 is 13.4. The van der Waals surface area contributed by atoms with Crippen molar-refractivity contribution in [2.45, 2.75) is 81.7 Å². The lowest BCUT2D eigenvalue weighted by molar-refractivity contribution is -0.125. The number of rotatable bonds is 7. The number of hydrogen-bond acceptors (Lipinski definition) is 5. The third kappa shape index (κ3) is 5.70. The van der Waals surface area contributed by atoms with E-state index in [0.29, 0.717) is 31.1 Å². The zero-order valence-electron chi connectivity index (χ0n) is 20.0. The number of carbonyl (C=O) groups excluding carboxylic acids is 2. The molecule has 1 saturated heterocycles. The Morgan fingerprint density at radius 1 is 1.06 bits per heavy atom. The summed E-state index contributed by atoms with van der Waals surface area (Å²) in [4.78, 5) is 35.2. The third-order valence-corrected chi connectivity index (χ3v) is 7.63. The number of likely N-dealkylation sites (tertiary alicyclic amines) is 1. The van der Waals surface area contributed by atoms with Gasteiger partial charge in [-0.2, -0.15) is 0 Å². The Balaban J connectivity index is 1.35. The maximum Gasteiger partial charge on any atom is 0.256 e. The van der Waals surface area contributed by atoms with Crippen LogP contribution in [0.15, 0.2) is 48.8 Å². The molecular formula is C27H34FN5O2. The lowest BCUT2D eigenvalue weighted by Crippen LogP contribution is -2.50. The highest BCUT2D eigenvalue weighted by Gasteiger charge is 2.45. The SMILES string of the molecule is NC1CCC(NC(=O)C2CC(N(Cc3ccc(F)cc3)C3CC3)CN2C(=O)c2cccnc2)CC1. The number of nitrogens with one attached hydrogen (secondary N) is 1. The van der Waals surface area contributed by atoms with Crippen molar-refractivity contribution in [1.29, 1.82) is 0 Å². The molecule has 2 atom stereocenters. The zero-order chi connectivity index (χ0) is 24.4. The predicted molar refractivity (Wildman–Crippen MR) is 131 cm³/mol. The first-order valence-electron chi connectivity index (χ1n) is 12.7. The summed E-state index contributed by atoms with van der Waals surface area (Å²) in [6.07, 6.45) is 9.55. The Hall–Kier alpha value is -2.84. The molecule has 1 aromatic carbocycles. The van der Waals surface area contributed by atoms with Crippen LogP contribution in [0.1, 0.15) is 60.9 Å².